The largest absolute Gasteiger partial charge is 0.430 e. The quantitative estimate of drug-likeness (QED) is 0.377. The zero-order chi connectivity index (χ0) is 31.8. The number of likely N-dealkylation sites (N-methyl/N-ethyl adjacent to an activating group) is 1. The molecule has 9 nitrogen and oxygen atoms in total. The van der Waals surface area contributed by atoms with Gasteiger partial charge in [0.1, 0.15) is 10.7 Å². The molecule has 0 spiro atoms. The van der Waals surface area contributed by atoms with Gasteiger partial charge in [0.2, 0.25) is 0 Å². The van der Waals surface area contributed by atoms with E-state index in [2.05, 4.69) is 0 Å². The highest BCUT2D eigenvalue weighted by Crippen LogP contribution is 2.39. The molecule has 2 aliphatic rings. The lowest BCUT2D eigenvalue weighted by Gasteiger charge is -2.35. The van der Waals surface area contributed by atoms with E-state index < -0.39 is 39.5 Å². The zero-order valence-electron chi connectivity index (χ0n) is 24.3. The second-order valence-corrected chi connectivity index (χ2v) is 12.5. The Morgan fingerprint density at radius 3 is 2.25 bits per heavy atom. The number of hydrogen-bond acceptors (Lipinski definition) is 6. The summed E-state index contributed by atoms with van der Waals surface area (Å²) in [4.78, 5) is 30.8. The van der Waals surface area contributed by atoms with Crippen LogP contribution in [0, 0.1) is 5.82 Å². The minimum absolute atomic E-state index is 0.00496. The molecule has 232 valence electrons. The summed E-state index contributed by atoms with van der Waals surface area (Å²) in [6.07, 6.45) is 0.0293. The Labute approximate surface area is 253 Å². The lowest BCUT2D eigenvalue weighted by atomic mass is 10.1. The average molecular weight is 629 g/mol. The Kier molecular flexibility index (Phi) is 8.34. The molecule has 2 amide bonds. The normalized spacial score (nSPS) is 15.2. The van der Waals surface area contributed by atoms with E-state index in [-0.39, 0.29) is 47.9 Å². The Morgan fingerprint density at radius 2 is 1.59 bits per heavy atom. The standard InChI is InChI=1S/C31H31F3N4O5S/c1-31(33,34)43-26-20-22(29(39)37-16-18-38(19-17-37)30(40)23-10-4-5-11-24(23)32)13-14-25(26)36(3)44(41,42)27-12-6-8-21-9-7-15-35(2)28(21)27/h4-14,20H,15-19H2,1-3H3. The number of fused-ring (bicyclic) bond motifs is 1. The van der Waals surface area contributed by atoms with Crippen LogP contribution >= 0.6 is 0 Å². The summed E-state index contributed by atoms with van der Waals surface area (Å²) >= 11 is 0. The minimum atomic E-state index is -4.27. The number of rotatable bonds is 7. The van der Waals surface area contributed by atoms with Crippen LogP contribution in [0.25, 0.3) is 6.08 Å². The van der Waals surface area contributed by atoms with Crippen molar-refractivity contribution in [2.24, 2.45) is 0 Å². The van der Waals surface area contributed by atoms with Gasteiger partial charge in [0.15, 0.2) is 5.75 Å². The monoisotopic (exact) mass is 628 g/mol. The topological polar surface area (TPSA) is 90.5 Å². The maximum absolute atomic E-state index is 14.2. The van der Waals surface area contributed by atoms with Crippen LogP contribution in [0.1, 0.15) is 33.2 Å². The van der Waals surface area contributed by atoms with E-state index in [1.54, 1.807) is 30.1 Å². The van der Waals surface area contributed by atoms with Gasteiger partial charge < -0.3 is 19.4 Å². The van der Waals surface area contributed by atoms with Gasteiger partial charge in [0.25, 0.3) is 21.8 Å². The summed E-state index contributed by atoms with van der Waals surface area (Å²) in [6, 6.07) is 14.2. The van der Waals surface area contributed by atoms with Crippen molar-refractivity contribution >= 4 is 39.3 Å². The highest BCUT2D eigenvalue weighted by Gasteiger charge is 2.33. The van der Waals surface area contributed by atoms with Gasteiger partial charge in [-0.15, -0.1) is 0 Å². The third-order valence-corrected chi connectivity index (χ3v) is 9.32. The molecule has 0 radical (unpaired) electrons. The SMILES string of the molecule is CN1CC=Cc2cccc(S(=O)(=O)N(C)c3ccc(C(=O)N4CCN(C(=O)c5ccccc5F)CC4)cc3OC(C)(F)F)c21. The van der Waals surface area contributed by atoms with Gasteiger partial charge in [-0.25, -0.2) is 12.8 Å². The molecule has 0 N–H and O–H groups in total. The average Bonchev–Trinajstić information content (AvgIpc) is 2.99. The first-order valence-electron chi connectivity index (χ1n) is 13.8. The summed E-state index contributed by atoms with van der Waals surface area (Å²) in [6.45, 7) is 1.52. The molecule has 3 aromatic carbocycles. The first-order valence-corrected chi connectivity index (χ1v) is 15.3. The number of ether oxygens (including phenoxy) is 1. The van der Waals surface area contributed by atoms with Gasteiger partial charge in [-0.2, -0.15) is 8.78 Å². The van der Waals surface area contributed by atoms with Gasteiger partial charge in [0, 0.05) is 59.3 Å². The highest BCUT2D eigenvalue weighted by molar-refractivity contribution is 7.93. The number of amides is 2. The number of hydrogen-bond donors (Lipinski definition) is 0. The number of alkyl halides is 2. The molecule has 1 saturated heterocycles. The number of benzene rings is 3. The van der Waals surface area contributed by atoms with Crippen LogP contribution in [-0.4, -0.2) is 83.0 Å². The van der Waals surface area contributed by atoms with Crippen molar-refractivity contribution in [3.63, 3.8) is 0 Å². The number of nitrogens with zero attached hydrogens (tertiary/aromatic N) is 4. The molecule has 0 unspecified atom stereocenters. The summed E-state index contributed by atoms with van der Waals surface area (Å²) < 4.78 is 75.9. The fraction of sp³-hybridized carbons (Fsp3) is 0.290. The highest BCUT2D eigenvalue weighted by atomic mass is 32.2. The molecule has 0 aromatic heterocycles. The summed E-state index contributed by atoms with van der Waals surface area (Å²) in [5.74, 6) is -2.15. The number of anilines is 2. The molecule has 2 heterocycles. The summed E-state index contributed by atoms with van der Waals surface area (Å²) in [5.41, 5.74) is 0.916. The first kappa shape index (κ1) is 30.9. The molecule has 3 aromatic rings. The van der Waals surface area contributed by atoms with Crippen molar-refractivity contribution in [3.05, 3.63) is 89.2 Å². The van der Waals surface area contributed by atoms with Crippen molar-refractivity contribution < 1.29 is 35.9 Å². The molecule has 2 aliphatic heterocycles. The van der Waals surface area contributed by atoms with Crippen molar-refractivity contribution in [2.45, 2.75) is 17.9 Å². The van der Waals surface area contributed by atoms with Crippen LogP contribution in [0.5, 0.6) is 5.75 Å². The number of para-hydroxylation sites is 1. The molecule has 5 rings (SSSR count). The van der Waals surface area contributed by atoms with Crippen LogP contribution in [0.15, 0.2) is 71.6 Å². The van der Waals surface area contributed by atoms with Crippen LogP contribution in [0.3, 0.4) is 0 Å². The summed E-state index contributed by atoms with van der Waals surface area (Å²) in [7, 11) is -1.28. The van der Waals surface area contributed by atoms with Gasteiger partial charge in [-0.05, 0) is 42.0 Å². The van der Waals surface area contributed by atoms with E-state index in [1.807, 2.05) is 12.2 Å². The van der Waals surface area contributed by atoms with Gasteiger partial charge in [-0.1, -0.05) is 36.4 Å². The number of carbonyl (C=O) groups is 2. The number of carbonyl (C=O) groups excluding carboxylic acids is 2. The molecular weight excluding hydrogens is 597 g/mol. The number of piperazine rings is 1. The maximum Gasteiger partial charge on any atom is 0.394 e. The van der Waals surface area contributed by atoms with Crippen LogP contribution in [0.2, 0.25) is 0 Å². The first-order chi connectivity index (χ1) is 20.8. The molecule has 0 aliphatic carbocycles. The third-order valence-electron chi connectivity index (χ3n) is 7.52. The van der Waals surface area contributed by atoms with Crippen molar-refractivity contribution in [2.75, 3.05) is 56.0 Å². The van der Waals surface area contributed by atoms with E-state index in [0.717, 1.165) is 10.4 Å². The molecule has 13 heteroatoms. The molecule has 0 saturated carbocycles. The number of sulfonamides is 1. The maximum atomic E-state index is 14.2. The lowest BCUT2D eigenvalue weighted by Crippen LogP contribution is -2.50. The van der Waals surface area contributed by atoms with Gasteiger partial charge in [0.05, 0.1) is 16.9 Å². The van der Waals surface area contributed by atoms with E-state index in [9.17, 15) is 31.2 Å². The molecule has 1 fully saturated rings. The fourth-order valence-electron chi connectivity index (χ4n) is 5.28. The Morgan fingerprint density at radius 1 is 0.932 bits per heavy atom. The fourth-order valence-corrected chi connectivity index (χ4v) is 6.75. The van der Waals surface area contributed by atoms with Crippen molar-refractivity contribution in [3.8, 4) is 5.75 Å². The smallest absolute Gasteiger partial charge is 0.394 e. The van der Waals surface area contributed by atoms with Crippen molar-refractivity contribution in [1.82, 2.24) is 9.80 Å². The van der Waals surface area contributed by atoms with E-state index in [4.69, 9.17) is 4.74 Å². The predicted octanol–water partition coefficient (Wildman–Crippen LogP) is 4.70. The Balaban J connectivity index is 1.40. The third kappa shape index (κ3) is 6.09. The van der Waals surface area contributed by atoms with E-state index >= 15 is 0 Å². The molecule has 0 bridgehead atoms. The minimum Gasteiger partial charge on any atom is -0.430 e. The number of halogens is 3. The van der Waals surface area contributed by atoms with Crippen molar-refractivity contribution in [1.29, 1.82) is 0 Å². The van der Waals surface area contributed by atoms with E-state index in [0.29, 0.717) is 24.7 Å². The molecular formula is C31H31F3N4O5S. The van der Waals surface area contributed by atoms with Gasteiger partial charge in [-0.3, -0.25) is 13.9 Å². The zero-order valence-corrected chi connectivity index (χ0v) is 25.2. The Bertz CT molecular complexity index is 1730. The predicted molar refractivity (Wildman–Crippen MR) is 160 cm³/mol. The van der Waals surface area contributed by atoms with Gasteiger partial charge >= 0.3 is 6.11 Å². The van der Waals surface area contributed by atoms with Crippen LogP contribution in [-0.2, 0) is 10.0 Å². The summed E-state index contributed by atoms with van der Waals surface area (Å²) in [5, 5.41) is 0. The van der Waals surface area contributed by atoms with Crippen LogP contribution in [0.4, 0.5) is 24.5 Å². The second-order valence-electron chi connectivity index (χ2n) is 10.6. The van der Waals surface area contributed by atoms with Crippen LogP contribution < -0.4 is 13.9 Å². The lowest BCUT2D eigenvalue weighted by molar-refractivity contribution is -0.158. The Hall–Kier alpha value is -4.52. The van der Waals surface area contributed by atoms with E-state index in [1.165, 1.54) is 53.2 Å². The second kappa shape index (κ2) is 11.9. The molecule has 0 atom stereocenters. The molecule has 44 heavy (non-hydrogen) atoms.